The molecule has 2 fully saturated rings. The predicted octanol–water partition coefficient (Wildman–Crippen LogP) is 7.21. The quantitative estimate of drug-likeness (QED) is 0.184. The number of sulfonamides is 1. The maximum Gasteiger partial charge on any atom is 0.410 e. The van der Waals surface area contributed by atoms with Crippen molar-refractivity contribution >= 4 is 28.0 Å². The largest absolute Gasteiger partial charge is 0.478 e. The summed E-state index contributed by atoms with van der Waals surface area (Å²) < 4.78 is 41.4. The molecule has 0 unspecified atom stereocenters. The van der Waals surface area contributed by atoms with Crippen LogP contribution in [0.3, 0.4) is 0 Å². The number of aromatic carboxylic acids is 1. The molecule has 5 rings (SSSR count). The van der Waals surface area contributed by atoms with Crippen LogP contribution in [0.15, 0.2) is 53.4 Å². The molecule has 1 amide bonds. The number of aryl methyl sites for hydroxylation is 2. The van der Waals surface area contributed by atoms with Crippen LogP contribution in [-0.2, 0) is 14.8 Å². The van der Waals surface area contributed by atoms with Gasteiger partial charge in [0.25, 0.3) is 10.0 Å². The number of hydrogen-bond donors (Lipinski definition) is 3. The van der Waals surface area contributed by atoms with Crippen molar-refractivity contribution in [3.05, 3.63) is 65.2 Å². The Bertz CT molecular complexity index is 1880. The number of carboxylic acid groups (broad SMARTS) is 1. The molecule has 1 saturated carbocycles. The second-order valence-electron chi connectivity index (χ2n) is 16.7. The Morgan fingerprint density at radius 3 is 2.33 bits per heavy atom. The Hall–Kier alpha value is -4.23. The summed E-state index contributed by atoms with van der Waals surface area (Å²) in [4.78, 5) is 35.1. The molecule has 13 heteroatoms. The molecule has 12 nitrogen and oxygen atoms in total. The SMILES string of the molecule is Cc1cccc(C)c1-c1cc(OC[C@@H](CC(C)(C)C)NC2CC3(CCCN(C(=O)OC(C)(C)C)C3)C2)nc(NS(=O)(=O)c2cccc(C(=O)O)c2)n1. The summed E-state index contributed by atoms with van der Waals surface area (Å²) in [6.45, 7) is 17.8. The number of aromatic nitrogens is 2. The molecule has 3 aromatic rings. The number of anilines is 1. The Balaban J connectivity index is 1.35. The van der Waals surface area contributed by atoms with Gasteiger partial charge in [-0.25, -0.2) is 27.7 Å². The smallest absolute Gasteiger partial charge is 0.410 e. The molecular formula is C39H53N5O7S. The Morgan fingerprint density at radius 1 is 1.02 bits per heavy atom. The van der Waals surface area contributed by atoms with Crippen LogP contribution in [0.4, 0.5) is 10.7 Å². The van der Waals surface area contributed by atoms with Gasteiger partial charge in [-0.3, -0.25) is 0 Å². The van der Waals surface area contributed by atoms with Crippen LogP contribution in [0.1, 0.15) is 95.1 Å². The molecule has 0 radical (unpaired) electrons. The lowest BCUT2D eigenvalue weighted by molar-refractivity contribution is -0.0304. The number of piperidine rings is 1. The number of carboxylic acids is 1. The number of carbonyl (C=O) groups is 2. The zero-order valence-electron chi connectivity index (χ0n) is 31.6. The van der Waals surface area contributed by atoms with Crippen molar-refractivity contribution in [3.8, 4) is 17.1 Å². The van der Waals surface area contributed by atoms with Gasteiger partial charge in [-0.15, -0.1) is 0 Å². The molecule has 1 atom stereocenters. The van der Waals surface area contributed by atoms with Crippen molar-refractivity contribution in [2.45, 2.75) is 110 Å². The fourth-order valence-corrected chi connectivity index (χ4v) is 8.41. The van der Waals surface area contributed by atoms with Gasteiger partial charge in [0.05, 0.1) is 16.2 Å². The molecule has 52 heavy (non-hydrogen) atoms. The minimum atomic E-state index is -4.24. The number of likely N-dealkylation sites (tertiary alicyclic amines) is 1. The molecule has 282 valence electrons. The third-order valence-electron chi connectivity index (χ3n) is 9.49. The summed E-state index contributed by atoms with van der Waals surface area (Å²) in [6.07, 6.45) is 4.50. The number of benzene rings is 2. The summed E-state index contributed by atoms with van der Waals surface area (Å²) >= 11 is 0. The van der Waals surface area contributed by atoms with E-state index < -0.39 is 21.6 Å². The minimum absolute atomic E-state index is 0.0127. The van der Waals surface area contributed by atoms with E-state index in [-0.39, 0.29) is 57.9 Å². The van der Waals surface area contributed by atoms with Gasteiger partial charge in [-0.1, -0.05) is 45.0 Å². The summed E-state index contributed by atoms with van der Waals surface area (Å²) in [5.41, 5.74) is 2.60. The average molecular weight is 736 g/mol. The predicted molar refractivity (Wildman–Crippen MR) is 200 cm³/mol. The minimum Gasteiger partial charge on any atom is -0.478 e. The molecular weight excluding hydrogens is 683 g/mol. The van der Waals surface area contributed by atoms with Crippen molar-refractivity contribution in [1.29, 1.82) is 0 Å². The molecule has 2 heterocycles. The number of hydrogen-bond acceptors (Lipinski definition) is 9. The lowest BCUT2D eigenvalue weighted by Crippen LogP contribution is -2.59. The average Bonchev–Trinajstić information content (AvgIpc) is 3.01. The number of carbonyl (C=O) groups excluding carboxylic acids is 1. The van der Waals surface area contributed by atoms with Gasteiger partial charge in [0.2, 0.25) is 11.8 Å². The second-order valence-corrected chi connectivity index (χ2v) is 18.4. The normalized spacial score (nSPS) is 19.8. The number of rotatable bonds is 11. The third-order valence-corrected chi connectivity index (χ3v) is 10.8. The lowest BCUT2D eigenvalue weighted by Gasteiger charge is -2.53. The first-order chi connectivity index (χ1) is 24.2. The van der Waals surface area contributed by atoms with Crippen molar-refractivity contribution in [3.63, 3.8) is 0 Å². The molecule has 2 aliphatic rings. The Kier molecular flexibility index (Phi) is 11.3. The van der Waals surface area contributed by atoms with Crippen molar-refractivity contribution in [2.24, 2.45) is 10.8 Å². The molecule has 2 aromatic carbocycles. The number of nitrogens with zero attached hydrogens (tertiary/aromatic N) is 3. The standard InChI is InChI=1S/C39H53N5O7S/c1-25-12-9-13-26(2)33(25)31-19-32(42-35(41-31)43-52(48,49)30-15-10-14-27(18-30)34(45)46)50-23-29(20-37(3,4)5)40-28-21-39(22-28)16-11-17-44(24-39)36(47)51-38(6,7)8/h9-10,12-15,18-19,28-29,40H,11,16-17,20-24H2,1-8H3,(H,45,46)(H,41,42,43)/t28?,29-,39?/m1/s1. The van der Waals surface area contributed by atoms with E-state index in [1.807, 2.05) is 57.7 Å². The molecule has 1 saturated heterocycles. The fourth-order valence-electron chi connectivity index (χ4n) is 7.42. The zero-order valence-corrected chi connectivity index (χ0v) is 32.4. The van der Waals surface area contributed by atoms with Crippen LogP contribution >= 0.6 is 0 Å². The lowest BCUT2D eigenvalue weighted by atomic mass is 9.61. The highest BCUT2D eigenvalue weighted by atomic mass is 32.2. The first-order valence-electron chi connectivity index (χ1n) is 17.9. The van der Waals surface area contributed by atoms with E-state index in [0.717, 1.165) is 54.9 Å². The van der Waals surface area contributed by atoms with E-state index in [1.54, 1.807) is 6.07 Å². The van der Waals surface area contributed by atoms with Crippen LogP contribution in [0.5, 0.6) is 5.88 Å². The molecule has 0 bridgehead atoms. The van der Waals surface area contributed by atoms with E-state index in [0.29, 0.717) is 18.8 Å². The first-order valence-corrected chi connectivity index (χ1v) is 19.4. The highest BCUT2D eigenvalue weighted by Crippen LogP contribution is 2.48. The maximum atomic E-state index is 13.4. The Labute approximate surface area is 307 Å². The van der Waals surface area contributed by atoms with E-state index in [9.17, 15) is 23.1 Å². The van der Waals surface area contributed by atoms with Gasteiger partial charge in [-0.2, -0.15) is 4.98 Å². The number of ether oxygens (including phenoxy) is 2. The molecule has 1 aliphatic carbocycles. The van der Waals surface area contributed by atoms with E-state index in [2.05, 4.69) is 40.8 Å². The van der Waals surface area contributed by atoms with Gasteiger partial charge in [0, 0.05) is 36.8 Å². The number of amides is 1. The van der Waals surface area contributed by atoms with Crippen LogP contribution in [0.2, 0.25) is 0 Å². The zero-order chi connectivity index (χ0) is 38.1. The third kappa shape index (κ3) is 10.0. The van der Waals surface area contributed by atoms with Crippen molar-refractivity contribution in [2.75, 3.05) is 24.4 Å². The van der Waals surface area contributed by atoms with Crippen LogP contribution in [-0.4, -0.2) is 77.8 Å². The molecule has 1 spiro atoms. The van der Waals surface area contributed by atoms with E-state index >= 15 is 0 Å². The molecule has 1 aliphatic heterocycles. The highest BCUT2D eigenvalue weighted by molar-refractivity contribution is 7.92. The maximum absolute atomic E-state index is 13.4. The second kappa shape index (κ2) is 15.0. The number of nitrogens with one attached hydrogen (secondary N) is 2. The summed E-state index contributed by atoms with van der Waals surface area (Å²) in [5.74, 6) is -1.22. The topological polar surface area (TPSA) is 160 Å². The fraction of sp³-hybridized carbons (Fsp3) is 0.538. The van der Waals surface area contributed by atoms with Gasteiger partial charge >= 0.3 is 12.1 Å². The Morgan fingerprint density at radius 2 is 1.69 bits per heavy atom. The summed E-state index contributed by atoms with van der Waals surface area (Å²) in [7, 11) is -4.24. The van der Waals surface area contributed by atoms with Gasteiger partial charge in [0.1, 0.15) is 12.2 Å². The van der Waals surface area contributed by atoms with Crippen molar-refractivity contribution < 1.29 is 32.6 Å². The monoisotopic (exact) mass is 735 g/mol. The van der Waals surface area contributed by atoms with E-state index in [1.165, 1.54) is 18.2 Å². The first kappa shape index (κ1) is 39.0. The molecule has 3 N–H and O–H groups in total. The summed E-state index contributed by atoms with van der Waals surface area (Å²) in [6, 6.07) is 12.9. The summed E-state index contributed by atoms with van der Waals surface area (Å²) in [5, 5.41) is 13.2. The van der Waals surface area contributed by atoms with Gasteiger partial charge in [0.15, 0.2) is 0 Å². The van der Waals surface area contributed by atoms with Crippen molar-refractivity contribution in [1.82, 2.24) is 20.2 Å². The van der Waals surface area contributed by atoms with Gasteiger partial charge < -0.3 is 24.8 Å². The van der Waals surface area contributed by atoms with E-state index in [4.69, 9.17) is 9.47 Å². The highest BCUT2D eigenvalue weighted by Gasteiger charge is 2.48. The van der Waals surface area contributed by atoms with Gasteiger partial charge in [-0.05, 0) is 107 Å². The van der Waals surface area contributed by atoms with Crippen LogP contribution in [0, 0.1) is 24.7 Å². The van der Waals surface area contributed by atoms with Crippen LogP contribution in [0.25, 0.3) is 11.3 Å². The van der Waals surface area contributed by atoms with Crippen LogP contribution < -0.4 is 14.8 Å². The molecule has 1 aromatic heterocycles.